The van der Waals surface area contributed by atoms with Gasteiger partial charge in [0.15, 0.2) is 0 Å². The zero-order chi connectivity index (χ0) is 12.3. The highest BCUT2D eigenvalue weighted by Gasteiger charge is 2.31. The quantitative estimate of drug-likeness (QED) is 0.822. The van der Waals surface area contributed by atoms with E-state index in [-0.39, 0.29) is 0 Å². The second-order valence-corrected chi connectivity index (χ2v) is 5.17. The molecule has 0 aliphatic heterocycles. The maximum absolute atomic E-state index is 4.36. The molecule has 0 atom stereocenters. The maximum atomic E-state index is 4.36. The molecule has 4 nitrogen and oxygen atoms in total. The summed E-state index contributed by atoms with van der Waals surface area (Å²) < 4.78 is 0. The van der Waals surface area contributed by atoms with Crippen molar-refractivity contribution >= 4 is 11.6 Å². The Balaban J connectivity index is 2.09. The van der Waals surface area contributed by atoms with Crippen molar-refractivity contribution in [2.45, 2.75) is 39.5 Å². The Bertz CT molecular complexity index is 385. The average molecular weight is 234 g/mol. The Labute approximate surface area is 103 Å². The van der Waals surface area contributed by atoms with Crippen molar-refractivity contribution in [1.82, 2.24) is 9.97 Å². The molecule has 94 valence electrons. The van der Waals surface area contributed by atoms with Crippen LogP contribution in [-0.2, 0) is 6.42 Å². The van der Waals surface area contributed by atoms with Crippen LogP contribution in [0.15, 0.2) is 6.33 Å². The highest BCUT2D eigenvalue weighted by molar-refractivity contribution is 5.57. The Hall–Kier alpha value is -1.32. The standard InChI is InChI=1S/C13H22N4/c1-4-10-11(14-3)16-9-17-12(10)15-8-13(2)6-5-7-13/h9H,4-8H2,1-3H3,(H2,14,15,16,17). The third-order valence-electron chi connectivity index (χ3n) is 3.78. The van der Waals surface area contributed by atoms with Crippen LogP contribution in [0.25, 0.3) is 0 Å². The van der Waals surface area contributed by atoms with Gasteiger partial charge in [0.25, 0.3) is 0 Å². The number of hydrogen-bond acceptors (Lipinski definition) is 4. The zero-order valence-corrected chi connectivity index (χ0v) is 11.0. The molecule has 17 heavy (non-hydrogen) atoms. The van der Waals surface area contributed by atoms with Crippen LogP contribution in [0.2, 0.25) is 0 Å². The summed E-state index contributed by atoms with van der Waals surface area (Å²) in [4.78, 5) is 8.60. The highest BCUT2D eigenvalue weighted by atomic mass is 15.1. The van der Waals surface area contributed by atoms with E-state index in [1.165, 1.54) is 24.8 Å². The Morgan fingerprint density at radius 2 is 2.00 bits per heavy atom. The number of nitrogens with one attached hydrogen (secondary N) is 2. The molecule has 1 aromatic heterocycles. The van der Waals surface area contributed by atoms with Gasteiger partial charge in [0.1, 0.15) is 18.0 Å². The SMILES string of the molecule is CCc1c(NC)ncnc1NCC1(C)CCC1. The minimum absolute atomic E-state index is 0.468. The van der Waals surface area contributed by atoms with Gasteiger partial charge >= 0.3 is 0 Å². The molecule has 1 saturated carbocycles. The molecule has 0 aromatic carbocycles. The van der Waals surface area contributed by atoms with Crippen molar-refractivity contribution in [3.8, 4) is 0 Å². The largest absolute Gasteiger partial charge is 0.373 e. The molecule has 2 rings (SSSR count). The van der Waals surface area contributed by atoms with Crippen molar-refractivity contribution in [2.75, 3.05) is 24.2 Å². The summed E-state index contributed by atoms with van der Waals surface area (Å²) in [5.74, 6) is 1.92. The van der Waals surface area contributed by atoms with Crippen molar-refractivity contribution in [2.24, 2.45) is 5.41 Å². The summed E-state index contributed by atoms with van der Waals surface area (Å²) >= 11 is 0. The zero-order valence-electron chi connectivity index (χ0n) is 11.0. The van der Waals surface area contributed by atoms with Gasteiger partial charge in [-0.3, -0.25) is 0 Å². The van der Waals surface area contributed by atoms with E-state index in [2.05, 4.69) is 34.4 Å². The number of anilines is 2. The lowest BCUT2D eigenvalue weighted by molar-refractivity contribution is 0.180. The van der Waals surface area contributed by atoms with E-state index in [1.54, 1.807) is 6.33 Å². The number of hydrogen-bond donors (Lipinski definition) is 2. The van der Waals surface area contributed by atoms with Crippen molar-refractivity contribution in [3.05, 3.63) is 11.9 Å². The van der Waals surface area contributed by atoms with Crippen LogP contribution in [-0.4, -0.2) is 23.6 Å². The van der Waals surface area contributed by atoms with Crippen LogP contribution in [0.4, 0.5) is 11.6 Å². The van der Waals surface area contributed by atoms with Gasteiger partial charge in [-0.25, -0.2) is 9.97 Å². The van der Waals surface area contributed by atoms with Crippen molar-refractivity contribution in [3.63, 3.8) is 0 Å². The molecule has 0 saturated heterocycles. The van der Waals surface area contributed by atoms with Crippen LogP contribution in [0, 0.1) is 5.41 Å². The monoisotopic (exact) mass is 234 g/mol. The molecular formula is C13H22N4. The molecule has 1 heterocycles. The molecule has 0 amide bonds. The first-order valence-corrected chi connectivity index (χ1v) is 6.44. The second-order valence-electron chi connectivity index (χ2n) is 5.17. The minimum atomic E-state index is 0.468. The fraction of sp³-hybridized carbons (Fsp3) is 0.692. The van der Waals surface area contributed by atoms with Crippen molar-refractivity contribution in [1.29, 1.82) is 0 Å². The molecule has 0 bridgehead atoms. The van der Waals surface area contributed by atoms with Gasteiger partial charge < -0.3 is 10.6 Å². The normalized spacial score (nSPS) is 17.4. The predicted molar refractivity (Wildman–Crippen MR) is 71.4 cm³/mol. The molecule has 4 heteroatoms. The fourth-order valence-corrected chi connectivity index (χ4v) is 2.37. The van der Waals surface area contributed by atoms with Crippen LogP contribution in [0.1, 0.15) is 38.7 Å². The Morgan fingerprint density at radius 3 is 2.53 bits per heavy atom. The van der Waals surface area contributed by atoms with Gasteiger partial charge in [0.05, 0.1) is 0 Å². The van der Waals surface area contributed by atoms with Gasteiger partial charge in [-0.15, -0.1) is 0 Å². The molecule has 0 spiro atoms. The first-order chi connectivity index (χ1) is 8.18. The number of rotatable bonds is 5. The highest BCUT2D eigenvalue weighted by Crippen LogP contribution is 2.40. The summed E-state index contributed by atoms with van der Waals surface area (Å²) in [5.41, 5.74) is 1.65. The minimum Gasteiger partial charge on any atom is -0.373 e. The lowest BCUT2D eigenvalue weighted by Crippen LogP contribution is -2.33. The van der Waals surface area contributed by atoms with Crippen LogP contribution >= 0.6 is 0 Å². The lowest BCUT2D eigenvalue weighted by atomic mass is 9.70. The summed E-state index contributed by atoms with van der Waals surface area (Å²) in [5, 5.41) is 6.61. The van der Waals surface area contributed by atoms with E-state index in [4.69, 9.17) is 0 Å². The van der Waals surface area contributed by atoms with E-state index in [0.717, 1.165) is 24.6 Å². The molecule has 1 aliphatic rings. The third-order valence-corrected chi connectivity index (χ3v) is 3.78. The topological polar surface area (TPSA) is 49.8 Å². The predicted octanol–water partition coefficient (Wildman–Crippen LogP) is 2.68. The number of nitrogens with zero attached hydrogens (tertiary/aromatic N) is 2. The summed E-state index contributed by atoms with van der Waals surface area (Å²) in [6, 6.07) is 0. The van der Waals surface area contributed by atoms with E-state index in [1.807, 2.05) is 7.05 Å². The maximum Gasteiger partial charge on any atom is 0.134 e. The fourth-order valence-electron chi connectivity index (χ4n) is 2.37. The van der Waals surface area contributed by atoms with E-state index < -0.39 is 0 Å². The van der Waals surface area contributed by atoms with Crippen LogP contribution in [0.3, 0.4) is 0 Å². The molecule has 2 N–H and O–H groups in total. The molecule has 1 aromatic rings. The van der Waals surface area contributed by atoms with E-state index >= 15 is 0 Å². The molecule has 1 aliphatic carbocycles. The summed E-state index contributed by atoms with van der Waals surface area (Å²) in [7, 11) is 1.90. The number of aromatic nitrogens is 2. The second kappa shape index (κ2) is 4.90. The third kappa shape index (κ3) is 2.51. The van der Waals surface area contributed by atoms with Gasteiger partial charge in [-0.05, 0) is 24.7 Å². The molecule has 0 unspecified atom stereocenters. The van der Waals surface area contributed by atoms with Crippen LogP contribution in [0.5, 0.6) is 0 Å². The lowest BCUT2D eigenvalue weighted by Gasteiger charge is -2.38. The first-order valence-electron chi connectivity index (χ1n) is 6.44. The Morgan fingerprint density at radius 1 is 1.29 bits per heavy atom. The van der Waals surface area contributed by atoms with Crippen molar-refractivity contribution < 1.29 is 0 Å². The van der Waals surface area contributed by atoms with Gasteiger partial charge in [-0.1, -0.05) is 20.3 Å². The molecule has 0 radical (unpaired) electrons. The average Bonchev–Trinajstić information content (AvgIpc) is 2.33. The Kier molecular flexibility index (Phi) is 3.50. The van der Waals surface area contributed by atoms with Gasteiger partial charge in [-0.2, -0.15) is 0 Å². The summed E-state index contributed by atoms with van der Waals surface area (Å²) in [6.45, 7) is 5.49. The van der Waals surface area contributed by atoms with Gasteiger partial charge in [0, 0.05) is 19.2 Å². The molecular weight excluding hydrogens is 212 g/mol. The summed E-state index contributed by atoms with van der Waals surface area (Å²) in [6.07, 6.45) is 6.58. The van der Waals surface area contributed by atoms with E-state index in [9.17, 15) is 0 Å². The molecule has 1 fully saturated rings. The smallest absolute Gasteiger partial charge is 0.134 e. The van der Waals surface area contributed by atoms with Crippen LogP contribution < -0.4 is 10.6 Å². The van der Waals surface area contributed by atoms with Gasteiger partial charge in [0.2, 0.25) is 0 Å². The van der Waals surface area contributed by atoms with E-state index in [0.29, 0.717) is 5.41 Å². The first kappa shape index (κ1) is 12.1.